The van der Waals surface area contributed by atoms with Crippen molar-refractivity contribution in [2.45, 2.75) is 0 Å². The molecule has 0 saturated carbocycles. The van der Waals surface area contributed by atoms with Gasteiger partial charge in [0.1, 0.15) is 11.2 Å². The molecule has 9 aromatic carbocycles. The maximum atomic E-state index is 9.85. The van der Waals surface area contributed by atoms with Gasteiger partial charge < -0.3 is 9.32 Å². The number of rotatable bonds is 5. The Kier molecular flexibility index (Phi) is 4.76. The molecule has 0 N–H and O–H groups in total. The highest BCUT2D eigenvalue weighted by Gasteiger charge is 2.19. The molecule has 0 bridgehead atoms. The van der Waals surface area contributed by atoms with Gasteiger partial charge in [0.25, 0.3) is 0 Å². The number of hydrogen-bond acceptors (Lipinski definition) is 2. The predicted molar refractivity (Wildman–Crippen MR) is 212 cm³/mol. The molecule has 0 spiro atoms. The van der Waals surface area contributed by atoms with Crippen LogP contribution in [-0.4, -0.2) is 0 Å². The van der Waals surface area contributed by atoms with Gasteiger partial charge in [0.15, 0.2) is 0 Å². The fraction of sp³-hybridized carbons (Fsp3) is 0. The molecule has 0 aliphatic carbocycles. The largest absolute Gasteiger partial charge is 0.456 e. The first-order valence-electron chi connectivity index (χ1n) is 20.9. The number of furan rings is 1. The Morgan fingerprint density at radius 1 is 0.440 bits per heavy atom. The fourth-order valence-corrected chi connectivity index (χ4v) is 7.12. The van der Waals surface area contributed by atoms with E-state index in [2.05, 4.69) is 24.3 Å². The van der Waals surface area contributed by atoms with Crippen molar-refractivity contribution in [3.63, 3.8) is 0 Å². The van der Waals surface area contributed by atoms with Crippen molar-refractivity contribution in [2.75, 3.05) is 4.90 Å². The highest BCUT2D eigenvalue weighted by molar-refractivity contribution is 6.15. The van der Waals surface area contributed by atoms with Gasteiger partial charge in [-0.1, -0.05) is 145 Å². The minimum atomic E-state index is -0.558. The van der Waals surface area contributed by atoms with Crippen molar-refractivity contribution in [3.05, 3.63) is 188 Å². The summed E-state index contributed by atoms with van der Waals surface area (Å²) in [5, 5.41) is 3.63. The van der Waals surface area contributed by atoms with Crippen molar-refractivity contribution in [2.24, 2.45) is 0 Å². The predicted octanol–water partition coefficient (Wildman–Crippen LogP) is 13.8. The molecule has 2 nitrogen and oxygen atoms in total. The third-order valence-electron chi connectivity index (χ3n) is 9.37. The summed E-state index contributed by atoms with van der Waals surface area (Å²) in [4.78, 5) is 1.76. The van der Waals surface area contributed by atoms with Gasteiger partial charge in [-0.15, -0.1) is 0 Å². The van der Waals surface area contributed by atoms with Crippen LogP contribution in [0.2, 0.25) is 0 Å². The van der Waals surface area contributed by atoms with Gasteiger partial charge in [0.05, 0.1) is 18.0 Å². The molecule has 234 valence electrons. The first-order chi connectivity index (χ1) is 28.5. The molecule has 10 aromatic rings. The molecule has 0 aliphatic rings. The van der Waals surface area contributed by atoms with Gasteiger partial charge in [-0.3, -0.25) is 0 Å². The van der Waals surface area contributed by atoms with E-state index >= 15 is 0 Å². The first-order valence-corrected chi connectivity index (χ1v) is 16.4. The molecule has 1 aromatic heterocycles. The molecule has 10 rings (SSSR count). The van der Waals surface area contributed by atoms with Gasteiger partial charge in [-0.2, -0.15) is 0 Å². The van der Waals surface area contributed by atoms with E-state index < -0.39 is 48.3 Å². The van der Waals surface area contributed by atoms with Gasteiger partial charge in [-0.25, -0.2) is 0 Å². The van der Waals surface area contributed by atoms with Gasteiger partial charge >= 0.3 is 0 Å². The molecule has 50 heavy (non-hydrogen) atoms. The summed E-state index contributed by atoms with van der Waals surface area (Å²) in [7, 11) is 0. The second-order valence-corrected chi connectivity index (χ2v) is 12.2. The van der Waals surface area contributed by atoms with Crippen LogP contribution in [0.5, 0.6) is 0 Å². The fourth-order valence-electron chi connectivity index (χ4n) is 7.12. The molecule has 0 radical (unpaired) electrons. The van der Waals surface area contributed by atoms with Crippen LogP contribution in [0.1, 0.15) is 12.3 Å². The van der Waals surface area contributed by atoms with Crippen LogP contribution in [0.3, 0.4) is 0 Å². The minimum absolute atomic E-state index is 0.0370. The Bertz CT molecular complexity index is 3390. The molecule has 0 amide bonds. The monoisotopic (exact) mass is 646 g/mol. The van der Waals surface area contributed by atoms with Gasteiger partial charge in [0, 0.05) is 27.5 Å². The van der Waals surface area contributed by atoms with E-state index in [-0.39, 0.29) is 33.3 Å². The minimum Gasteiger partial charge on any atom is -0.456 e. The van der Waals surface area contributed by atoms with Crippen LogP contribution in [-0.2, 0) is 0 Å². The molecule has 0 atom stereocenters. The van der Waals surface area contributed by atoms with E-state index in [1.165, 1.54) is 0 Å². The van der Waals surface area contributed by atoms with E-state index in [4.69, 9.17) is 14.0 Å². The highest BCUT2D eigenvalue weighted by Crippen LogP contribution is 2.44. The zero-order valence-corrected chi connectivity index (χ0v) is 26.6. The smallest absolute Gasteiger partial charge is 0.136 e. The van der Waals surface area contributed by atoms with E-state index in [0.29, 0.717) is 17.0 Å². The maximum absolute atomic E-state index is 9.85. The number of anilines is 3. The number of hydrogen-bond donors (Lipinski definition) is 0. The standard InChI is InChI=1S/C48H31NO/c1-3-17-38-32(12-1)14-10-22-39(38)33-26-28-36(29-27-33)49(45-31-35-13-2-4-18-40(35)42-19-5-6-20-43(42)45)37-16-9-15-34(30-37)41-23-11-25-47-48(41)44-21-7-8-24-46(44)50-47/h1-31H/i2D,4D,5D,6D,13D,18D,19D,20D,31D. The van der Waals surface area contributed by atoms with Crippen molar-refractivity contribution in [1.82, 2.24) is 0 Å². The van der Waals surface area contributed by atoms with E-state index in [1.54, 1.807) is 4.90 Å². The molecule has 1 heterocycles. The Labute approximate surface area is 302 Å². The number of benzene rings is 9. The topological polar surface area (TPSA) is 16.4 Å². The highest BCUT2D eigenvalue weighted by atomic mass is 16.3. The van der Waals surface area contributed by atoms with Gasteiger partial charge in [-0.05, 0) is 91.6 Å². The average Bonchev–Trinajstić information content (AvgIpc) is 3.66. The van der Waals surface area contributed by atoms with Gasteiger partial charge in [0.2, 0.25) is 0 Å². The first kappa shape index (κ1) is 20.7. The van der Waals surface area contributed by atoms with Crippen LogP contribution in [0.4, 0.5) is 17.1 Å². The zero-order valence-electron chi connectivity index (χ0n) is 35.6. The van der Waals surface area contributed by atoms with E-state index in [0.717, 1.165) is 49.4 Å². The number of nitrogens with zero attached hydrogens (tertiary/aromatic N) is 1. The van der Waals surface area contributed by atoms with Crippen LogP contribution in [0.15, 0.2) is 192 Å². The quantitative estimate of drug-likeness (QED) is 0.173. The summed E-state index contributed by atoms with van der Waals surface area (Å²) in [6.45, 7) is 0. The van der Waals surface area contributed by atoms with Crippen molar-refractivity contribution in [3.8, 4) is 22.3 Å². The maximum Gasteiger partial charge on any atom is 0.136 e. The van der Waals surface area contributed by atoms with Crippen molar-refractivity contribution >= 4 is 71.3 Å². The lowest BCUT2D eigenvalue weighted by Gasteiger charge is -2.28. The SMILES string of the molecule is [2H]c1c([2H])c([2H])c2c(c1[2H])c([2H])c(N(c1ccc(-c3cccc4ccccc34)cc1)c1cccc(-c3cccc4oc5ccccc5c34)c1)c1c([2H])c([2H])c([2H])c([2H])c12. The lowest BCUT2D eigenvalue weighted by molar-refractivity contribution is 0.669. The number of para-hydroxylation sites is 1. The molecule has 0 aliphatic heterocycles. The average molecular weight is 647 g/mol. The van der Waals surface area contributed by atoms with Crippen molar-refractivity contribution < 1.29 is 16.8 Å². The zero-order chi connectivity index (χ0) is 40.9. The Morgan fingerprint density at radius 3 is 2.02 bits per heavy atom. The normalized spacial score (nSPS) is 14.1. The summed E-state index contributed by atoms with van der Waals surface area (Å²) in [6, 6.07) is 39.0. The third-order valence-corrected chi connectivity index (χ3v) is 9.37. The molecule has 2 heteroatoms. The summed E-state index contributed by atoms with van der Waals surface area (Å²) in [5.41, 5.74) is 6.28. The van der Waals surface area contributed by atoms with Crippen LogP contribution >= 0.6 is 0 Å². The molecular weight excluding hydrogens is 607 g/mol. The second kappa shape index (κ2) is 11.5. The van der Waals surface area contributed by atoms with Crippen molar-refractivity contribution in [1.29, 1.82) is 0 Å². The Hall–Kier alpha value is -6.64. The molecule has 0 saturated heterocycles. The van der Waals surface area contributed by atoms with Crippen LogP contribution in [0, 0.1) is 0 Å². The van der Waals surface area contributed by atoms with Crippen LogP contribution < -0.4 is 4.90 Å². The lowest BCUT2D eigenvalue weighted by atomic mass is 9.96. The van der Waals surface area contributed by atoms with E-state index in [9.17, 15) is 2.74 Å². The Balaban J connectivity index is 1.30. The third kappa shape index (κ3) is 4.57. The van der Waals surface area contributed by atoms with E-state index in [1.807, 2.05) is 109 Å². The molecule has 0 unspecified atom stereocenters. The number of fused-ring (bicyclic) bond motifs is 7. The molecular formula is C48H31NO. The lowest BCUT2D eigenvalue weighted by Crippen LogP contribution is -2.11. The summed E-state index contributed by atoms with van der Waals surface area (Å²) in [5.74, 6) is 0. The molecule has 0 fully saturated rings. The summed E-state index contributed by atoms with van der Waals surface area (Å²) < 4.78 is 87.1. The Morgan fingerprint density at radius 2 is 1.12 bits per heavy atom. The van der Waals surface area contributed by atoms with Crippen LogP contribution in [0.25, 0.3) is 76.5 Å². The second-order valence-electron chi connectivity index (χ2n) is 12.2. The summed E-state index contributed by atoms with van der Waals surface area (Å²) >= 11 is 0. The summed E-state index contributed by atoms with van der Waals surface area (Å²) in [6.07, 6.45) is 0.